The van der Waals surface area contributed by atoms with E-state index in [0.717, 1.165) is 25.7 Å². The zero-order valence-corrected chi connectivity index (χ0v) is 18.0. The van der Waals surface area contributed by atoms with Crippen LogP contribution in [0.25, 0.3) is 0 Å². The third kappa shape index (κ3) is 7.69. The predicted molar refractivity (Wildman–Crippen MR) is 113 cm³/mol. The Morgan fingerprint density at radius 2 is 1.83 bits per heavy atom. The van der Waals surface area contributed by atoms with Crippen molar-refractivity contribution in [2.24, 2.45) is 5.92 Å². The van der Waals surface area contributed by atoms with E-state index < -0.39 is 0 Å². The summed E-state index contributed by atoms with van der Waals surface area (Å²) in [4.78, 5) is 38.5. The molecule has 0 saturated carbocycles. The summed E-state index contributed by atoms with van der Waals surface area (Å²) in [6.45, 7) is 4.83. The first-order valence-electron chi connectivity index (χ1n) is 10.4. The summed E-state index contributed by atoms with van der Waals surface area (Å²) in [7, 11) is 0. The number of hydrogen-bond acceptors (Lipinski definition) is 4. The molecule has 1 heterocycles. The van der Waals surface area contributed by atoms with E-state index in [0.29, 0.717) is 36.5 Å². The maximum Gasteiger partial charge on any atom is 0.309 e. The highest BCUT2D eigenvalue weighted by atomic mass is 35.5. The summed E-state index contributed by atoms with van der Waals surface area (Å²) in [5.41, 5.74) is 0.583. The first-order valence-corrected chi connectivity index (χ1v) is 10.8. The molecule has 6 nitrogen and oxygen atoms in total. The molecular formula is C22H31ClN2O4. The van der Waals surface area contributed by atoms with Gasteiger partial charge in [-0.1, -0.05) is 37.8 Å². The molecule has 1 atom stereocenters. The number of ether oxygens (including phenoxy) is 1. The van der Waals surface area contributed by atoms with Gasteiger partial charge in [0.15, 0.2) is 6.61 Å². The van der Waals surface area contributed by atoms with Crippen molar-refractivity contribution in [3.05, 3.63) is 34.9 Å². The summed E-state index contributed by atoms with van der Waals surface area (Å²) < 4.78 is 5.19. The van der Waals surface area contributed by atoms with E-state index in [-0.39, 0.29) is 36.4 Å². The van der Waals surface area contributed by atoms with Crippen LogP contribution in [0.15, 0.2) is 24.3 Å². The molecule has 1 aromatic carbocycles. The van der Waals surface area contributed by atoms with Crippen molar-refractivity contribution in [3.8, 4) is 0 Å². The number of likely N-dealkylation sites (tertiary alicyclic amines) is 1. The van der Waals surface area contributed by atoms with Crippen molar-refractivity contribution in [2.45, 2.75) is 58.4 Å². The van der Waals surface area contributed by atoms with Crippen molar-refractivity contribution in [2.75, 3.05) is 19.7 Å². The quantitative estimate of drug-likeness (QED) is 0.484. The van der Waals surface area contributed by atoms with Gasteiger partial charge in [0.1, 0.15) is 0 Å². The number of rotatable bonds is 9. The van der Waals surface area contributed by atoms with Crippen LogP contribution in [0.4, 0.5) is 0 Å². The van der Waals surface area contributed by atoms with Crippen molar-refractivity contribution in [3.63, 3.8) is 0 Å². The number of unbranched alkanes of at least 4 members (excludes halogenated alkanes) is 2. The number of esters is 1. The van der Waals surface area contributed by atoms with Gasteiger partial charge < -0.3 is 15.0 Å². The van der Waals surface area contributed by atoms with Gasteiger partial charge in [0, 0.05) is 29.7 Å². The lowest BCUT2D eigenvalue weighted by molar-refractivity contribution is -0.154. The van der Waals surface area contributed by atoms with Gasteiger partial charge in [-0.25, -0.2) is 0 Å². The van der Waals surface area contributed by atoms with Crippen LogP contribution in [0.5, 0.6) is 0 Å². The number of hydrogen-bond donors (Lipinski definition) is 1. The van der Waals surface area contributed by atoms with Crippen LogP contribution in [0.3, 0.4) is 0 Å². The second-order valence-corrected chi connectivity index (χ2v) is 8.08. The van der Waals surface area contributed by atoms with Crippen LogP contribution >= 0.6 is 11.6 Å². The third-order valence-corrected chi connectivity index (χ3v) is 5.45. The Balaban J connectivity index is 1.69. The van der Waals surface area contributed by atoms with Gasteiger partial charge in [0.25, 0.3) is 11.8 Å². The fourth-order valence-electron chi connectivity index (χ4n) is 3.44. The first-order chi connectivity index (χ1) is 13.9. The topological polar surface area (TPSA) is 75.7 Å². The normalized spacial score (nSPS) is 15.6. The van der Waals surface area contributed by atoms with Gasteiger partial charge >= 0.3 is 5.97 Å². The Kier molecular flexibility index (Phi) is 9.45. The standard InChI is InChI=1S/C22H31ClN2O4/c1-3-4-5-6-16(2)24-20(26)15-29-22(28)18-11-13-25(14-12-18)21(27)17-7-9-19(23)10-8-17/h7-10,16,18H,3-6,11-15H2,1-2H3,(H,24,26)/t16-/m0/s1. The highest BCUT2D eigenvalue weighted by Crippen LogP contribution is 2.21. The van der Waals surface area contributed by atoms with Gasteiger partial charge in [0.2, 0.25) is 0 Å². The van der Waals surface area contributed by atoms with Crippen LogP contribution in [-0.4, -0.2) is 48.4 Å². The minimum Gasteiger partial charge on any atom is -0.455 e. The van der Waals surface area contributed by atoms with Gasteiger partial charge in [0.05, 0.1) is 5.92 Å². The smallest absolute Gasteiger partial charge is 0.309 e. The second kappa shape index (κ2) is 11.8. The number of carbonyl (C=O) groups is 3. The fourth-order valence-corrected chi connectivity index (χ4v) is 3.56. The van der Waals surface area contributed by atoms with Crippen molar-refractivity contribution in [1.29, 1.82) is 0 Å². The molecule has 0 aliphatic carbocycles. The number of piperidine rings is 1. The monoisotopic (exact) mass is 422 g/mol. The number of benzene rings is 1. The molecule has 160 valence electrons. The molecular weight excluding hydrogens is 392 g/mol. The molecule has 0 radical (unpaired) electrons. The molecule has 1 aliphatic rings. The molecule has 29 heavy (non-hydrogen) atoms. The van der Waals surface area contributed by atoms with E-state index in [1.807, 2.05) is 6.92 Å². The van der Waals surface area contributed by atoms with Crippen LogP contribution < -0.4 is 5.32 Å². The van der Waals surface area contributed by atoms with E-state index >= 15 is 0 Å². The molecule has 7 heteroatoms. The van der Waals surface area contributed by atoms with Gasteiger partial charge in [-0.2, -0.15) is 0 Å². The van der Waals surface area contributed by atoms with Crippen molar-refractivity contribution < 1.29 is 19.1 Å². The van der Waals surface area contributed by atoms with Crippen LogP contribution in [0.2, 0.25) is 5.02 Å². The molecule has 0 aromatic heterocycles. The Hall–Kier alpha value is -2.08. The van der Waals surface area contributed by atoms with Crippen LogP contribution in [0.1, 0.15) is 62.7 Å². The largest absolute Gasteiger partial charge is 0.455 e. The molecule has 1 aromatic rings. The maximum absolute atomic E-state index is 12.5. The molecule has 2 amide bonds. The lowest BCUT2D eigenvalue weighted by Crippen LogP contribution is -2.41. The minimum atomic E-state index is -0.364. The van der Waals surface area contributed by atoms with Crippen molar-refractivity contribution >= 4 is 29.4 Å². The van der Waals surface area contributed by atoms with Crippen LogP contribution in [-0.2, 0) is 14.3 Å². The average molecular weight is 423 g/mol. The summed E-state index contributed by atoms with van der Waals surface area (Å²) in [6.07, 6.45) is 5.36. The van der Waals surface area contributed by atoms with Crippen LogP contribution in [0, 0.1) is 5.92 Å². The van der Waals surface area contributed by atoms with Crippen molar-refractivity contribution in [1.82, 2.24) is 10.2 Å². The predicted octanol–water partition coefficient (Wildman–Crippen LogP) is 3.82. The minimum absolute atomic E-state index is 0.0649. The second-order valence-electron chi connectivity index (χ2n) is 7.65. The summed E-state index contributed by atoms with van der Waals surface area (Å²) in [6, 6.07) is 6.86. The molecule has 0 unspecified atom stereocenters. The van der Waals surface area contributed by atoms with E-state index in [9.17, 15) is 14.4 Å². The number of halogens is 1. The SMILES string of the molecule is CCCCC[C@H](C)NC(=O)COC(=O)C1CCN(C(=O)c2ccc(Cl)cc2)CC1. The number of nitrogens with one attached hydrogen (secondary N) is 1. The van der Waals surface area contributed by atoms with Gasteiger partial charge in [-0.05, 0) is 50.5 Å². The van der Waals surface area contributed by atoms with Gasteiger partial charge in [-0.3, -0.25) is 14.4 Å². The van der Waals surface area contributed by atoms with E-state index in [1.54, 1.807) is 29.2 Å². The van der Waals surface area contributed by atoms with Gasteiger partial charge in [-0.15, -0.1) is 0 Å². The molecule has 1 aliphatic heterocycles. The Morgan fingerprint density at radius 1 is 1.17 bits per heavy atom. The Bertz CT molecular complexity index is 685. The molecule has 0 bridgehead atoms. The van der Waals surface area contributed by atoms with E-state index in [1.165, 1.54) is 0 Å². The lowest BCUT2D eigenvalue weighted by atomic mass is 9.96. The highest BCUT2D eigenvalue weighted by Gasteiger charge is 2.29. The lowest BCUT2D eigenvalue weighted by Gasteiger charge is -2.31. The highest BCUT2D eigenvalue weighted by molar-refractivity contribution is 6.30. The fraction of sp³-hybridized carbons (Fsp3) is 0.591. The molecule has 1 N–H and O–H groups in total. The summed E-state index contributed by atoms with van der Waals surface area (Å²) >= 11 is 5.86. The average Bonchev–Trinajstić information content (AvgIpc) is 2.72. The maximum atomic E-state index is 12.5. The molecule has 0 spiro atoms. The first kappa shape index (κ1) is 23.2. The number of nitrogens with zero attached hydrogens (tertiary/aromatic N) is 1. The number of amides is 2. The molecule has 1 saturated heterocycles. The van der Waals surface area contributed by atoms with E-state index in [2.05, 4.69) is 12.2 Å². The Morgan fingerprint density at radius 3 is 2.45 bits per heavy atom. The number of carbonyl (C=O) groups excluding carboxylic acids is 3. The third-order valence-electron chi connectivity index (χ3n) is 5.20. The van der Waals surface area contributed by atoms with E-state index in [4.69, 9.17) is 16.3 Å². The molecule has 1 fully saturated rings. The molecule has 2 rings (SSSR count). The summed E-state index contributed by atoms with van der Waals surface area (Å²) in [5, 5.41) is 3.45. The zero-order chi connectivity index (χ0) is 21.2. The Labute approximate surface area is 177 Å². The zero-order valence-electron chi connectivity index (χ0n) is 17.3. The summed E-state index contributed by atoms with van der Waals surface area (Å²) in [5.74, 6) is -0.973.